The lowest BCUT2D eigenvalue weighted by molar-refractivity contribution is -0.0893. The van der Waals surface area contributed by atoms with Crippen molar-refractivity contribution in [3.63, 3.8) is 0 Å². The van der Waals surface area contributed by atoms with Crippen LogP contribution in [0, 0.1) is 11.8 Å². The van der Waals surface area contributed by atoms with Crippen molar-refractivity contribution < 1.29 is 28.5 Å². The number of unbranched alkanes of at least 4 members (excludes halogenated alkanes) is 2. The highest BCUT2D eigenvalue weighted by Crippen LogP contribution is 2.56. The zero-order valence-corrected chi connectivity index (χ0v) is 39.5. The summed E-state index contributed by atoms with van der Waals surface area (Å²) in [6, 6.07) is 30.9. The smallest absolute Gasteiger partial charge is 0.493 e. The molecule has 2 atom stereocenters. The quantitative estimate of drug-likeness (QED) is 0.0743. The largest absolute Gasteiger partial charge is 0.494 e. The number of fused-ring (bicyclic) bond motifs is 3. The summed E-state index contributed by atoms with van der Waals surface area (Å²) in [5, 5.41) is 11.0. The Morgan fingerprint density at radius 2 is 1.10 bits per heavy atom. The molecule has 0 saturated carbocycles. The lowest BCUT2D eigenvalue weighted by atomic mass is 9.65. The minimum atomic E-state index is -1.06. The number of benzene rings is 4. The molecule has 1 aliphatic carbocycles. The standard InChI is InChI=1S/C53H73B2O6/c1-13-17-19-37(15-3)35-57-43-27-21-39(22-28-43)53(40-23-29-44(30-24-40)58-36-38(16-4)20-18-14-2)47-33-41(54-59-50(7,8)49(5,6)56)25-31-45(47)46-32-26-42(34-48(46)53)55-60-51(9,10)52(11,12)61-55/h21-34,37-38,56H,13-20,35-36H2,1-12H3. The van der Waals surface area contributed by atoms with Crippen LogP contribution in [0.1, 0.15) is 157 Å². The van der Waals surface area contributed by atoms with Gasteiger partial charge in [0.1, 0.15) is 11.5 Å². The van der Waals surface area contributed by atoms with Crippen LogP contribution in [-0.2, 0) is 19.4 Å². The van der Waals surface area contributed by atoms with Crippen molar-refractivity contribution in [3.8, 4) is 22.6 Å². The van der Waals surface area contributed by atoms with Crippen molar-refractivity contribution in [1.82, 2.24) is 0 Å². The molecule has 1 saturated heterocycles. The molecule has 8 heteroatoms. The first kappa shape index (κ1) is 46.9. The van der Waals surface area contributed by atoms with Gasteiger partial charge in [0, 0.05) is 0 Å². The zero-order valence-electron chi connectivity index (χ0n) is 39.5. The normalized spacial score (nSPS) is 19.0. The molecule has 0 amide bonds. The van der Waals surface area contributed by atoms with Crippen LogP contribution < -0.4 is 20.4 Å². The molecule has 6 nitrogen and oxygen atoms in total. The van der Waals surface area contributed by atoms with E-state index in [0.29, 0.717) is 25.0 Å². The summed E-state index contributed by atoms with van der Waals surface area (Å²) in [6.45, 7) is 26.3. The van der Waals surface area contributed by atoms with E-state index in [4.69, 9.17) is 23.4 Å². The maximum atomic E-state index is 11.0. The van der Waals surface area contributed by atoms with Gasteiger partial charge in [0.2, 0.25) is 0 Å². The fraction of sp³-hybridized carbons (Fsp3) is 0.547. The van der Waals surface area contributed by atoms with Gasteiger partial charge in [0.15, 0.2) is 0 Å². The zero-order chi connectivity index (χ0) is 44.2. The first-order valence-corrected chi connectivity index (χ1v) is 23.3. The average molecular weight is 828 g/mol. The molecule has 0 aromatic heterocycles. The van der Waals surface area contributed by atoms with E-state index < -0.39 is 34.9 Å². The summed E-state index contributed by atoms with van der Waals surface area (Å²) in [5.74, 6) is 2.82. The highest BCUT2D eigenvalue weighted by Gasteiger charge is 2.53. The Morgan fingerprint density at radius 1 is 0.639 bits per heavy atom. The van der Waals surface area contributed by atoms with Crippen LogP contribution in [0.4, 0.5) is 0 Å². The predicted molar refractivity (Wildman–Crippen MR) is 254 cm³/mol. The Bertz CT molecular complexity index is 1970. The summed E-state index contributed by atoms with van der Waals surface area (Å²) in [5.41, 5.74) is 5.16. The molecular formula is C53H73B2O6. The molecule has 1 heterocycles. The second-order valence-electron chi connectivity index (χ2n) is 19.8. The molecule has 6 rings (SSSR count). The van der Waals surface area contributed by atoms with Crippen LogP contribution in [0.5, 0.6) is 11.5 Å². The fourth-order valence-electron chi connectivity index (χ4n) is 8.53. The molecule has 327 valence electrons. The minimum absolute atomic E-state index is 0.481. The van der Waals surface area contributed by atoms with Gasteiger partial charge in [-0.2, -0.15) is 0 Å². The van der Waals surface area contributed by atoms with Gasteiger partial charge in [0.25, 0.3) is 0 Å². The van der Waals surface area contributed by atoms with Gasteiger partial charge < -0.3 is 28.5 Å². The van der Waals surface area contributed by atoms with Crippen molar-refractivity contribution in [2.75, 3.05) is 13.2 Å². The highest BCUT2D eigenvalue weighted by molar-refractivity contribution is 6.62. The van der Waals surface area contributed by atoms with Crippen molar-refractivity contribution in [3.05, 3.63) is 107 Å². The summed E-state index contributed by atoms with van der Waals surface area (Å²) in [6.07, 6.45) is 9.40. The Labute approximate surface area is 369 Å². The molecule has 2 aliphatic rings. The van der Waals surface area contributed by atoms with Crippen LogP contribution in [0.3, 0.4) is 0 Å². The van der Waals surface area contributed by atoms with Gasteiger partial charge in [-0.25, -0.2) is 0 Å². The maximum Gasteiger partial charge on any atom is 0.494 e. The third-order valence-corrected chi connectivity index (χ3v) is 14.3. The van der Waals surface area contributed by atoms with Gasteiger partial charge in [-0.1, -0.05) is 132 Å². The molecule has 1 fully saturated rings. The second kappa shape index (κ2) is 19.1. The molecule has 4 aromatic carbocycles. The Morgan fingerprint density at radius 3 is 1.54 bits per heavy atom. The first-order valence-electron chi connectivity index (χ1n) is 23.3. The van der Waals surface area contributed by atoms with Crippen LogP contribution in [0.25, 0.3) is 11.1 Å². The van der Waals surface area contributed by atoms with Crippen LogP contribution >= 0.6 is 0 Å². The molecule has 1 N–H and O–H groups in total. The summed E-state index contributed by atoms with van der Waals surface area (Å²) in [7, 11) is 1.27. The third kappa shape index (κ3) is 9.83. The van der Waals surface area contributed by atoms with Gasteiger partial charge >= 0.3 is 14.6 Å². The number of ether oxygens (including phenoxy) is 2. The number of rotatable bonds is 21. The van der Waals surface area contributed by atoms with Crippen molar-refractivity contribution in [2.24, 2.45) is 11.8 Å². The molecule has 1 aliphatic heterocycles. The van der Waals surface area contributed by atoms with E-state index >= 15 is 0 Å². The van der Waals surface area contributed by atoms with E-state index in [1.54, 1.807) is 21.3 Å². The Hall–Kier alpha value is -3.55. The SMILES string of the molecule is CCCCC(CC)COc1ccc(C2(c3ccc(OCC(CC)CCCC)cc3)c3cc([B]OC(C)(C)C(C)(C)O)ccc3-c3ccc(B4OC(C)(C)C(C)(C)O4)cc32)cc1. The number of hydrogen-bond donors (Lipinski definition) is 1. The molecular weight excluding hydrogens is 754 g/mol. The number of hydrogen-bond acceptors (Lipinski definition) is 6. The monoisotopic (exact) mass is 828 g/mol. The van der Waals surface area contributed by atoms with Crippen molar-refractivity contribution >= 4 is 25.5 Å². The topological polar surface area (TPSA) is 66.4 Å². The van der Waals surface area contributed by atoms with Crippen molar-refractivity contribution in [1.29, 1.82) is 0 Å². The summed E-state index contributed by atoms with van der Waals surface area (Å²) >= 11 is 0. The molecule has 4 aromatic rings. The lowest BCUT2D eigenvalue weighted by Gasteiger charge is -2.37. The third-order valence-electron chi connectivity index (χ3n) is 14.3. The fourth-order valence-corrected chi connectivity index (χ4v) is 8.53. The van der Waals surface area contributed by atoms with Crippen molar-refractivity contribution in [2.45, 2.75) is 162 Å². The van der Waals surface area contributed by atoms with E-state index in [1.165, 1.54) is 38.5 Å². The Balaban J connectivity index is 1.51. The van der Waals surface area contributed by atoms with Gasteiger partial charge in [-0.05, 0) is 143 Å². The second-order valence-corrected chi connectivity index (χ2v) is 19.8. The van der Waals surface area contributed by atoms with E-state index in [2.05, 4.69) is 140 Å². The van der Waals surface area contributed by atoms with Crippen LogP contribution in [0.2, 0.25) is 0 Å². The minimum Gasteiger partial charge on any atom is -0.493 e. The Kier molecular flexibility index (Phi) is 14.7. The molecule has 1 radical (unpaired) electrons. The lowest BCUT2D eigenvalue weighted by Crippen LogP contribution is -2.49. The van der Waals surface area contributed by atoms with E-state index in [0.717, 1.165) is 68.6 Å². The predicted octanol–water partition coefficient (Wildman–Crippen LogP) is 11.3. The van der Waals surface area contributed by atoms with E-state index in [1.807, 2.05) is 13.8 Å². The van der Waals surface area contributed by atoms with Gasteiger partial charge in [-0.3, -0.25) is 0 Å². The summed E-state index contributed by atoms with van der Waals surface area (Å²) < 4.78 is 32.7. The molecule has 2 unspecified atom stereocenters. The molecule has 0 spiro atoms. The summed E-state index contributed by atoms with van der Waals surface area (Å²) in [4.78, 5) is 0. The van der Waals surface area contributed by atoms with Gasteiger partial charge in [-0.15, -0.1) is 0 Å². The van der Waals surface area contributed by atoms with Crippen LogP contribution in [0.15, 0.2) is 84.9 Å². The van der Waals surface area contributed by atoms with Gasteiger partial charge in [0.05, 0.1) is 41.0 Å². The molecule has 61 heavy (non-hydrogen) atoms. The molecule has 0 bridgehead atoms. The van der Waals surface area contributed by atoms with Crippen LogP contribution in [-0.4, -0.2) is 55.3 Å². The van der Waals surface area contributed by atoms with E-state index in [-0.39, 0.29) is 0 Å². The average Bonchev–Trinajstić information content (AvgIpc) is 3.65. The number of aliphatic hydroxyl groups is 1. The van der Waals surface area contributed by atoms with E-state index in [9.17, 15) is 5.11 Å². The first-order chi connectivity index (χ1) is 28.9. The maximum absolute atomic E-state index is 11.0. The highest BCUT2D eigenvalue weighted by atomic mass is 16.7.